The Bertz CT molecular complexity index is 362. The quantitative estimate of drug-likeness (QED) is 0.649. The van der Waals surface area contributed by atoms with Crippen LogP contribution in [0, 0.1) is 11.8 Å². The first-order valence-electron chi connectivity index (χ1n) is 6.28. The first-order chi connectivity index (χ1) is 8.22. The van der Waals surface area contributed by atoms with Crippen molar-refractivity contribution < 1.29 is 14.4 Å². The average Bonchev–Trinajstić information content (AvgIpc) is 2.26. The predicted molar refractivity (Wildman–Crippen MR) is 81.5 cm³/mol. The van der Waals surface area contributed by atoms with E-state index >= 15 is 0 Å². The summed E-state index contributed by atoms with van der Waals surface area (Å²) in [5, 5.41) is 0. The van der Waals surface area contributed by atoms with Gasteiger partial charge in [0.05, 0.1) is 6.16 Å². The maximum absolute atomic E-state index is 10.5. The van der Waals surface area contributed by atoms with E-state index in [1.807, 2.05) is 6.92 Å². The number of benzene rings is 1. The minimum atomic E-state index is -3.76. The molecule has 18 heavy (non-hydrogen) atoms. The predicted octanol–water partition coefficient (Wildman–Crippen LogP) is 1.52. The van der Waals surface area contributed by atoms with Crippen LogP contribution in [-0.4, -0.2) is 32.5 Å². The monoisotopic (exact) mass is 334 g/mol. The van der Waals surface area contributed by atoms with Crippen LogP contribution in [0.3, 0.4) is 0 Å². The van der Waals surface area contributed by atoms with Gasteiger partial charge in [-0.1, -0.05) is 20.8 Å². The molecule has 1 aromatic carbocycles. The van der Waals surface area contributed by atoms with Crippen LogP contribution in [0.1, 0.15) is 27.2 Å². The van der Waals surface area contributed by atoms with Gasteiger partial charge in [0.1, 0.15) is 0 Å². The molecule has 0 amide bonds. The fourth-order valence-electron chi connectivity index (χ4n) is 1.24. The van der Waals surface area contributed by atoms with Gasteiger partial charge in [-0.15, -0.1) is 0 Å². The molecule has 0 aliphatic heterocycles. The van der Waals surface area contributed by atoms with E-state index < -0.39 is 7.60 Å². The topological polar surface area (TPSA) is 57.5 Å². The summed E-state index contributed by atoms with van der Waals surface area (Å²) < 4.78 is 12.0. The molecular formula is C13H25GeO3P. The van der Waals surface area contributed by atoms with Gasteiger partial charge >= 0.3 is 58.8 Å². The van der Waals surface area contributed by atoms with Gasteiger partial charge in [0, 0.05) is 0 Å². The summed E-state index contributed by atoms with van der Waals surface area (Å²) in [6.07, 6.45) is 0.633. The zero-order valence-corrected chi connectivity index (χ0v) is 16.8. The summed E-state index contributed by atoms with van der Waals surface area (Å²) in [4.78, 5) is 17.1. The van der Waals surface area contributed by atoms with Crippen LogP contribution in [0.5, 0.6) is 0 Å². The Labute approximate surface area is 118 Å². The van der Waals surface area contributed by atoms with E-state index in [1.165, 1.54) is 4.40 Å². The fourth-order valence-corrected chi connectivity index (χ4v) is 2.79. The molecule has 0 aliphatic carbocycles. The third kappa shape index (κ3) is 11.0. The Kier molecular flexibility index (Phi) is 8.88. The fraction of sp³-hybridized carbons (Fsp3) is 0.538. The summed E-state index contributed by atoms with van der Waals surface area (Å²) in [5.74, 6) is 0.893. The average molecular weight is 333 g/mol. The van der Waals surface area contributed by atoms with E-state index in [4.69, 9.17) is 9.79 Å². The Morgan fingerprint density at radius 2 is 1.67 bits per heavy atom. The van der Waals surface area contributed by atoms with Gasteiger partial charge in [-0.05, 0) is 18.3 Å². The van der Waals surface area contributed by atoms with Gasteiger partial charge in [0.15, 0.2) is 0 Å². The molecule has 0 bridgehead atoms. The van der Waals surface area contributed by atoms with E-state index in [0.29, 0.717) is 18.3 Å². The van der Waals surface area contributed by atoms with Crippen molar-refractivity contribution in [2.75, 3.05) is 6.16 Å². The molecule has 0 radical (unpaired) electrons. The van der Waals surface area contributed by atoms with Crippen molar-refractivity contribution in [3.05, 3.63) is 30.3 Å². The number of hydrogen-bond donors (Lipinski definition) is 2. The summed E-state index contributed by atoms with van der Waals surface area (Å²) in [6.45, 7) is 6.13. The SMILES string of the molecule is CC(C)C(C)CCP(=O)(O)O.[GeH3][c]1ccccc1. The van der Waals surface area contributed by atoms with Crippen molar-refractivity contribution in [3.63, 3.8) is 0 Å². The summed E-state index contributed by atoms with van der Waals surface area (Å²) >= 11 is 0.855. The van der Waals surface area contributed by atoms with Gasteiger partial charge in [-0.25, -0.2) is 0 Å². The van der Waals surface area contributed by atoms with Gasteiger partial charge < -0.3 is 9.79 Å². The van der Waals surface area contributed by atoms with Gasteiger partial charge in [0.2, 0.25) is 0 Å². The molecule has 5 heteroatoms. The van der Waals surface area contributed by atoms with E-state index in [0.717, 1.165) is 16.5 Å². The zero-order valence-electron chi connectivity index (χ0n) is 11.7. The van der Waals surface area contributed by atoms with E-state index in [-0.39, 0.29) is 6.16 Å². The molecule has 0 saturated heterocycles. The molecule has 0 saturated carbocycles. The van der Waals surface area contributed by atoms with Crippen molar-refractivity contribution in [1.29, 1.82) is 0 Å². The maximum atomic E-state index is 10.5. The first-order valence-corrected chi connectivity index (χ1v) is 10.2. The van der Waals surface area contributed by atoms with Crippen LogP contribution in [0.2, 0.25) is 0 Å². The van der Waals surface area contributed by atoms with Crippen LogP contribution >= 0.6 is 7.60 Å². The molecule has 1 aromatic rings. The second-order valence-corrected chi connectivity index (χ2v) is 9.25. The number of hydrogen-bond acceptors (Lipinski definition) is 1. The van der Waals surface area contributed by atoms with Crippen molar-refractivity contribution in [2.45, 2.75) is 27.2 Å². The van der Waals surface area contributed by atoms with Crippen LogP contribution in [-0.2, 0) is 4.57 Å². The first kappa shape index (κ1) is 17.9. The van der Waals surface area contributed by atoms with Crippen molar-refractivity contribution in [3.8, 4) is 0 Å². The molecule has 0 aromatic heterocycles. The zero-order chi connectivity index (χ0) is 14.2. The Hall–Kier alpha value is -0.0871. The normalized spacial score (nSPS) is 13.0. The molecular weight excluding hydrogens is 308 g/mol. The van der Waals surface area contributed by atoms with Crippen LogP contribution in [0.4, 0.5) is 0 Å². The molecule has 1 unspecified atom stereocenters. The van der Waals surface area contributed by atoms with Gasteiger partial charge in [-0.2, -0.15) is 0 Å². The second kappa shape index (κ2) is 8.92. The van der Waals surface area contributed by atoms with Gasteiger partial charge in [0.25, 0.3) is 0 Å². The van der Waals surface area contributed by atoms with Gasteiger partial charge in [-0.3, -0.25) is 4.57 Å². The standard InChI is InChI=1S/C7H17O3P.C6H8Ge/c1-6(2)7(3)4-5-11(8,9)10;7-6-4-2-1-3-5-6/h6-7H,4-5H2,1-3H3,(H2,8,9,10);1-5H,7H3. The van der Waals surface area contributed by atoms with Crippen molar-refractivity contribution in [2.24, 2.45) is 11.8 Å². The summed E-state index contributed by atoms with van der Waals surface area (Å²) in [6, 6.07) is 10.6. The Morgan fingerprint density at radius 1 is 1.17 bits per heavy atom. The molecule has 0 spiro atoms. The van der Waals surface area contributed by atoms with E-state index in [2.05, 4.69) is 44.2 Å². The van der Waals surface area contributed by atoms with Crippen LogP contribution in [0.15, 0.2) is 30.3 Å². The number of rotatable bonds is 4. The molecule has 0 aliphatic rings. The second-order valence-electron chi connectivity index (χ2n) is 5.05. The third-order valence-electron chi connectivity index (χ3n) is 2.95. The molecule has 0 heterocycles. The molecule has 104 valence electrons. The molecule has 2 N–H and O–H groups in total. The van der Waals surface area contributed by atoms with Crippen molar-refractivity contribution >= 4 is 28.5 Å². The Balaban J connectivity index is 0.000000351. The molecule has 0 fully saturated rings. The third-order valence-corrected chi connectivity index (χ3v) is 5.19. The van der Waals surface area contributed by atoms with E-state index in [1.54, 1.807) is 0 Å². The molecule has 1 rings (SSSR count). The summed E-state index contributed by atoms with van der Waals surface area (Å²) in [7, 11) is -3.76. The van der Waals surface area contributed by atoms with Crippen molar-refractivity contribution in [1.82, 2.24) is 0 Å². The summed E-state index contributed by atoms with van der Waals surface area (Å²) in [5.41, 5.74) is 0. The van der Waals surface area contributed by atoms with E-state index in [9.17, 15) is 4.57 Å². The Morgan fingerprint density at radius 3 is 1.94 bits per heavy atom. The molecule has 3 nitrogen and oxygen atoms in total. The van der Waals surface area contributed by atoms with Crippen LogP contribution in [0.25, 0.3) is 0 Å². The minimum absolute atomic E-state index is 0.0202. The molecule has 1 atom stereocenters. The van der Waals surface area contributed by atoms with Crippen LogP contribution < -0.4 is 4.40 Å².